The lowest BCUT2D eigenvalue weighted by Gasteiger charge is -2.15. The van der Waals surface area contributed by atoms with Crippen LogP contribution in [0.2, 0.25) is 0 Å². The molecule has 2 rings (SSSR count). The molecule has 0 radical (unpaired) electrons. The number of hydrogen-bond acceptors (Lipinski definition) is 0. The minimum atomic E-state index is -0.258. The van der Waals surface area contributed by atoms with Gasteiger partial charge in [0, 0.05) is 0 Å². The lowest BCUT2D eigenvalue weighted by Crippen LogP contribution is -1.96. The lowest BCUT2D eigenvalue weighted by atomic mass is 9.90. The van der Waals surface area contributed by atoms with Crippen molar-refractivity contribution >= 4 is 0 Å². The Bertz CT molecular complexity index is 529. The van der Waals surface area contributed by atoms with E-state index in [9.17, 15) is 8.78 Å². The van der Waals surface area contributed by atoms with Crippen LogP contribution in [0.4, 0.5) is 8.78 Å². The van der Waals surface area contributed by atoms with E-state index in [0.717, 1.165) is 23.1 Å². The van der Waals surface area contributed by atoms with E-state index in [4.69, 9.17) is 0 Å². The summed E-state index contributed by atoms with van der Waals surface area (Å²) in [6.07, 6.45) is 0.942. The molecule has 1 atom stereocenters. The molecule has 0 saturated carbocycles. The number of halogens is 2. The van der Waals surface area contributed by atoms with Crippen LogP contribution in [-0.4, -0.2) is 0 Å². The second-order valence-corrected chi connectivity index (χ2v) is 4.55. The Hall–Kier alpha value is -1.70. The van der Waals surface area contributed by atoms with Crippen LogP contribution in [0.5, 0.6) is 0 Å². The quantitative estimate of drug-likeness (QED) is 0.703. The molecule has 0 heterocycles. The Balaban J connectivity index is 2.52. The largest absolute Gasteiger partial charge is 0.207 e. The van der Waals surface area contributed by atoms with Gasteiger partial charge in [-0.2, -0.15) is 0 Å². The van der Waals surface area contributed by atoms with E-state index in [1.807, 2.05) is 0 Å². The first kappa shape index (κ1) is 12.7. The Morgan fingerprint density at radius 3 is 2.17 bits per heavy atom. The average Bonchev–Trinajstić information content (AvgIpc) is 2.39. The predicted octanol–water partition coefficient (Wildman–Crippen LogP) is 5.15. The third-order valence-electron chi connectivity index (χ3n) is 3.31. The zero-order valence-electron chi connectivity index (χ0n) is 10.6. The van der Waals surface area contributed by atoms with Crippen LogP contribution in [0.1, 0.15) is 31.7 Å². The first-order chi connectivity index (χ1) is 8.61. The third kappa shape index (κ3) is 2.58. The molecule has 0 bridgehead atoms. The van der Waals surface area contributed by atoms with E-state index in [-0.39, 0.29) is 17.6 Å². The van der Waals surface area contributed by atoms with Crippen molar-refractivity contribution in [2.45, 2.75) is 26.2 Å². The average molecular weight is 246 g/mol. The highest BCUT2D eigenvalue weighted by atomic mass is 19.1. The van der Waals surface area contributed by atoms with Crippen LogP contribution in [0.15, 0.2) is 42.5 Å². The molecule has 0 aliphatic carbocycles. The third-order valence-corrected chi connectivity index (χ3v) is 3.31. The summed E-state index contributed by atoms with van der Waals surface area (Å²) in [5.41, 5.74) is 2.88. The zero-order valence-corrected chi connectivity index (χ0v) is 10.6. The van der Waals surface area contributed by atoms with Gasteiger partial charge in [0.1, 0.15) is 11.6 Å². The molecule has 94 valence electrons. The highest BCUT2D eigenvalue weighted by molar-refractivity contribution is 5.68. The van der Waals surface area contributed by atoms with E-state index in [0.29, 0.717) is 0 Å². The molecule has 0 N–H and O–H groups in total. The van der Waals surface area contributed by atoms with Gasteiger partial charge in [-0.05, 0) is 53.3 Å². The molecule has 0 nitrogen and oxygen atoms in total. The molecule has 0 fully saturated rings. The van der Waals surface area contributed by atoms with Crippen molar-refractivity contribution in [2.75, 3.05) is 0 Å². The Morgan fingerprint density at radius 1 is 0.944 bits per heavy atom. The van der Waals surface area contributed by atoms with Crippen LogP contribution in [0.25, 0.3) is 11.1 Å². The topological polar surface area (TPSA) is 0 Å². The molecule has 0 aliphatic rings. The van der Waals surface area contributed by atoms with Gasteiger partial charge < -0.3 is 0 Å². The van der Waals surface area contributed by atoms with Crippen molar-refractivity contribution in [1.82, 2.24) is 0 Å². The fourth-order valence-corrected chi connectivity index (χ4v) is 2.05. The Kier molecular flexibility index (Phi) is 3.75. The highest BCUT2D eigenvalue weighted by Crippen LogP contribution is 2.31. The summed E-state index contributed by atoms with van der Waals surface area (Å²) < 4.78 is 26.3. The monoisotopic (exact) mass is 246 g/mol. The molecule has 18 heavy (non-hydrogen) atoms. The maximum atomic E-state index is 13.4. The molecule has 0 aromatic heterocycles. The first-order valence-electron chi connectivity index (χ1n) is 6.17. The van der Waals surface area contributed by atoms with Gasteiger partial charge in [0.2, 0.25) is 0 Å². The second-order valence-electron chi connectivity index (χ2n) is 4.55. The van der Waals surface area contributed by atoms with Crippen LogP contribution in [0, 0.1) is 11.6 Å². The summed E-state index contributed by atoms with van der Waals surface area (Å²) in [4.78, 5) is 0. The molecule has 0 spiro atoms. The summed E-state index contributed by atoms with van der Waals surface area (Å²) in [6, 6.07) is 11.1. The van der Waals surface area contributed by atoms with Crippen LogP contribution >= 0.6 is 0 Å². The van der Waals surface area contributed by atoms with Crippen molar-refractivity contribution in [3.8, 4) is 11.1 Å². The number of hydrogen-bond donors (Lipinski definition) is 0. The molecule has 1 unspecified atom stereocenters. The first-order valence-corrected chi connectivity index (χ1v) is 6.17. The fraction of sp³-hybridized carbons (Fsp3) is 0.250. The molecule has 0 amide bonds. The van der Waals surface area contributed by atoms with Crippen molar-refractivity contribution in [3.05, 3.63) is 59.7 Å². The zero-order chi connectivity index (χ0) is 13.1. The van der Waals surface area contributed by atoms with Crippen molar-refractivity contribution < 1.29 is 8.78 Å². The summed E-state index contributed by atoms with van der Waals surface area (Å²) >= 11 is 0. The van der Waals surface area contributed by atoms with E-state index >= 15 is 0 Å². The second kappa shape index (κ2) is 5.30. The van der Waals surface area contributed by atoms with Crippen molar-refractivity contribution in [2.24, 2.45) is 0 Å². The minimum Gasteiger partial charge on any atom is -0.207 e. The van der Waals surface area contributed by atoms with Gasteiger partial charge in [-0.3, -0.25) is 0 Å². The molecule has 0 saturated heterocycles. The standard InChI is InChI=1S/C16H16F2/c1-3-11(2)16-10-14(18)8-9-15(16)12-4-6-13(17)7-5-12/h4-11H,3H2,1-2H3. The summed E-state index contributed by atoms with van der Waals surface area (Å²) in [5, 5.41) is 0. The van der Waals surface area contributed by atoms with Gasteiger partial charge in [0.25, 0.3) is 0 Å². The molecule has 2 aromatic rings. The maximum Gasteiger partial charge on any atom is 0.123 e. The van der Waals surface area contributed by atoms with Gasteiger partial charge >= 0.3 is 0 Å². The van der Waals surface area contributed by atoms with Gasteiger partial charge in [0.15, 0.2) is 0 Å². The molecule has 0 aliphatic heterocycles. The number of benzene rings is 2. The highest BCUT2D eigenvalue weighted by Gasteiger charge is 2.11. The van der Waals surface area contributed by atoms with E-state index in [2.05, 4.69) is 13.8 Å². The normalized spacial score (nSPS) is 12.4. The smallest absolute Gasteiger partial charge is 0.123 e. The summed E-state index contributed by atoms with van der Waals surface area (Å²) in [5.74, 6) is -0.206. The Morgan fingerprint density at radius 2 is 1.56 bits per heavy atom. The predicted molar refractivity (Wildman–Crippen MR) is 70.5 cm³/mol. The Labute approximate surface area is 106 Å². The molecule has 2 heteroatoms. The van der Waals surface area contributed by atoms with Crippen LogP contribution in [-0.2, 0) is 0 Å². The summed E-state index contributed by atoms with van der Waals surface area (Å²) in [6.45, 7) is 4.14. The summed E-state index contributed by atoms with van der Waals surface area (Å²) in [7, 11) is 0. The molecular weight excluding hydrogens is 230 g/mol. The fourth-order valence-electron chi connectivity index (χ4n) is 2.05. The molecule has 2 aromatic carbocycles. The lowest BCUT2D eigenvalue weighted by molar-refractivity contribution is 0.620. The van der Waals surface area contributed by atoms with Gasteiger partial charge in [-0.25, -0.2) is 8.78 Å². The SMILES string of the molecule is CCC(C)c1cc(F)ccc1-c1ccc(F)cc1. The van der Waals surface area contributed by atoms with Crippen LogP contribution < -0.4 is 0 Å². The van der Waals surface area contributed by atoms with E-state index in [1.54, 1.807) is 24.3 Å². The van der Waals surface area contributed by atoms with Gasteiger partial charge in [0.05, 0.1) is 0 Å². The minimum absolute atomic E-state index is 0.226. The van der Waals surface area contributed by atoms with E-state index < -0.39 is 0 Å². The van der Waals surface area contributed by atoms with Crippen molar-refractivity contribution in [3.63, 3.8) is 0 Å². The van der Waals surface area contributed by atoms with Gasteiger partial charge in [-0.15, -0.1) is 0 Å². The maximum absolute atomic E-state index is 13.4. The van der Waals surface area contributed by atoms with Gasteiger partial charge in [-0.1, -0.05) is 32.0 Å². The van der Waals surface area contributed by atoms with E-state index in [1.165, 1.54) is 18.2 Å². The van der Waals surface area contributed by atoms with Crippen molar-refractivity contribution in [1.29, 1.82) is 0 Å². The number of rotatable bonds is 3. The van der Waals surface area contributed by atoms with Crippen LogP contribution in [0.3, 0.4) is 0 Å². The molecular formula is C16H16F2.